The number of carbonyl (C=O) groups is 2. The number of nitrogens with zero attached hydrogens (tertiary/aromatic N) is 6. The molecule has 2 aliphatic heterocycles. The van der Waals surface area contributed by atoms with E-state index in [1.54, 1.807) is 16.6 Å². The number of carbonyl (C=O) groups excluding carboxylic acids is 2. The van der Waals surface area contributed by atoms with Crippen molar-refractivity contribution in [3.8, 4) is 11.3 Å². The number of imidazole rings is 1. The molecular weight excluding hydrogens is 553 g/mol. The SMILES string of the molecule is CC1(C(=O)N2CCC[C@@H](c3nc(-c4ccc(C(=O)Nc5cc(C(F)(F)F)ccn5)cc4)c4c(N)ncnn34)C2)COC1. The molecule has 0 aliphatic carbocycles. The molecule has 2 aliphatic rings. The van der Waals surface area contributed by atoms with Gasteiger partial charge in [-0.25, -0.2) is 19.5 Å². The summed E-state index contributed by atoms with van der Waals surface area (Å²) >= 11 is 0. The highest BCUT2D eigenvalue weighted by Crippen LogP contribution is 2.36. The zero-order valence-corrected chi connectivity index (χ0v) is 22.6. The minimum atomic E-state index is -4.56. The Morgan fingerprint density at radius 1 is 1.14 bits per heavy atom. The highest BCUT2D eigenvalue weighted by molar-refractivity contribution is 6.04. The van der Waals surface area contributed by atoms with E-state index in [0.717, 1.165) is 31.2 Å². The number of amides is 2. The van der Waals surface area contributed by atoms with Gasteiger partial charge in [0.05, 0.1) is 24.2 Å². The van der Waals surface area contributed by atoms with Crippen LogP contribution < -0.4 is 11.1 Å². The van der Waals surface area contributed by atoms with Crippen LogP contribution in [0.25, 0.3) is 16.8 Å². The second kappa shape index (κ2) is 10.4. The number of piperidine rings is 1. The summed E-state index contributed by atoms with van der Waals surface area (Å²) in [5.74, 6) is 0.0189. The minimum Gasteiger partial charge on any atom is -0.382 e. The summed E-state index contributed by atoms with van der Waals surface area (Å²) in [5, 5.41) is 6.81. The lowest BCUT2D eigenvalue weighted by atomic mass is 9.85. The van der Waals surface area contributed by atoms with Crippen LogP contribution in [0.4, 0.5) is 24.8 Å². The molecule has 1 atom stereocenters. The average molecular weight is 581 g/mol. The van der Waals surface area contributed by atoms with Crippen molar-refractivity contribution in [2.75, 3.05) is 37.4 Å². The molecule has 0 radical (unpaired) electrons. The molecule has 5 heterocycles. The van der Waals surface area contributed by atoms with Gasteiger partial charge in [0, 0.05) is 36.3 Å². The van der Waals surface area contributed by atoms with Gasteiger partial charge in [-0.05, 0) is 44.0 Å². The Morgan fingerprint density at radius 3 is 2.60 bits per heavy atom. The number of benzene rings is 1. The number of nitrogens with one attached hydrogen (secondary N) is 1. The molecule has 218 valence electrons. The number of likely N-dealkylation sites (tertiary alicyclic amines) is 1. The van der Waals surface area contributed by atoms with Crippen LogP contribution in [0, 0.1) is 5.41 Å². The third-order valence-electron chi connectivity index (χ3n) is 7.67. The van der Waals surface area contributed by atoms with Gasteiger partial charge in [0.15, 0.2) is 5.82 Å². The predicted octanol–water partition coefficient (Wildman–Crippen LogP) is 3.78. The molecule has 3 aromatic heterocycles. The number of hydrogen-bond acceptors (Lipinski definition) is 8. The van der Waals surface area contributed by atoms with Crippen molar-refractivity contribution in [2.24, 2.45) is 5.41 Å². The Labute approximate surface area is 237 Å². The molecule has 3 N–H and O–H groups in total. The van der Waals surface area contributed by atoms with Crippen LogP contribution in [-0.2, 0) is 15.7 Å². The highest BCUT2D eigenvalue weighted by atomic mass is 19.4. The molecule has 2 saturated heterocycles. The lowest BCUT2D eigenvalue weighted by Crippen LogP contribution is -2.55. The van der Waals surface area contributed by atoms with Crippen LogP contribution in [0.5, 0.6) is 0 Å². The van der Waals surface area contributed by atoms with E-state index in [0.29, 0.717) is 48.9 Å². The fourth-order valence-electron chi connectivity index (χ4n) is 5.37. The first-order valence-corrected chi connectivity index (χ1v) is 13.3. The van der Waals surface area contributed by atoms with Crippen molar-refractivity contribution in [3.05, 3.63) is 65.9 Å². The Bertz CT molecular complexity index is 1670. The second-order valence-corrected chi connectivity index (χ2v) is 10.8. The molecule has 14 heteroatoms. The van der Waals surface area contributed by atoms with E-state index in [1.807, 2.05) is 11.8 Å². The van der Waals surface area contributed by atoms with E-state index in [1.165, 1.54) is 18.5 Å². The van der Waals surface area contributed by atoms with Crippen LogP contribution in [0.15, 0.2) is 48.9 Å². The van der Waals surface area contributed by atoms with E-state index >= 15 is 0 Å². The summed E-state index contributed by atoms with van der Waals surface area (Å²) in [6.07, 6.45) is -0.605. The largest absolute Gasteiger partial charge is 0.416 e. The number of ether oxygens (including phenoxy) is 1. The molecule has 1 aromatic carbocycles. The number of pyridine rings is 1. The first-order chi connectivity index (χ1) is 20.0. The third-order valence-corrected chi connectivity index (χ3v) is 7.67. The lowest BCUT2D eigenvalue weighted by Gasteiger charge is -2.42. The standard InChI is InChI=1S/C28H27F3N8O3/c1-27(13-42-14-27)26(41)38-10-2-3-18(12-38)24-37-21(22-23(32)34-15-35-39(22)24)16-4-6-17(7-5-16)25(40)36-20-11-19(8-9-33-20)28(29,30)31/h4-9,11,15,18H,2-3,10,12-14H2,1H3,(H2,32,34,35)(H,33,36,40)/t18-/m1/s1. The average Bonchev–Trinajstić information content (AvgIpc) is 3.36. The molecule has 6 rings (SSSR count). The maximum Gasteiger partial charge on any atom is 0.416 e. The molecule has 4 aromatic rings. The number of fused-ring (bicyclic) bond motifs is 1. The molecule has 0 unspecified atom stereocenters. The van der Waals surface area contributed by atoms with Crippen molar-refractivity contribution in [1.82, 2.24) is 29.5 Å². The van der Waals surface area contributed by atoms with Gasteiger partial charge in [-0.1, -0.05) is 12.1 Å². The summed E-state index contributed by atoms with van der Waals surface area (Å²) in [6, 6.07) is 8.00. The zero-order valence-electron chi connectivity index (χ0n) is 22.6. The van der Waals surface area contributed by atoms with Crippen molar-refractivity contribution in [1.29, 1.82) is 0 Å². The fourth-order valence-corrected chi connectivity index (χ4v) is 5.37. The third kappa shape index (κ3) is 5.02. The van der Waals surface area contributed by atoms with Crippen LogP contribution >= 0.6 is 0 Å². The van der Waals surface area contributed by atoms with Crippen LogP contribution in [-0.4, -0.2) is 67.6 Å². The molecule has 0 spiro atoms. The van der Waals surface area contributed by atoms with E-state index in [4.69, 9.17) is 15.5 Å². The van der Waals surface area contributed by atoms with Crippen LogP contribution in [0.3, 0.4) is 0 Å². The normalized spacial score (nSPS) is 18.5. The number of rotatable bonds is 5. The van der Waals surface area contributed by atoms with E-state index < -0.39 is 23.1 Å². The van der Waals surface area contributed by atoms with Gasteiger partial charge in [-0.3, -0.25) is 9.59 Å². The smallest absolute Gasteiger partial charge is 0.382 e. The van der Waals surface area contributed by atoms with Gasteiger partial charge >= 0.3 is 6.18 Å². The molecule has 2 amide bonds. The summed E-state index contributed by atoms with van der Waals surface area (Å²) < 4.78 is 46.0. The molecular formula is C28H27F3N8O3. The van der Waals surface area contributed by atoms with E-state index in [9.17, 15) is 22.8 Å². The fraction of sp³-hybridized carbons (Fsp3) is 0.357. The highest BCUT2D eigenvalue weighted by Gasteiger charge is 2.45. The van der Waals surface area contributed by atoms with Gasteiger partial charge in [-0.2, -0.15) is 18.3 Å². The summed E-state index contributed by atoms with van der Waals surface area (Å²) in [7, 11) is 0. The topological polar surface area (TPSA) is 141 Å². The van der Waals surface area contributed by atoms with Gasteiger partial charge in [0.25, 0.3) is 5.91 Å². The van der Waals surface area contributed by atoms with Gasteiger partial charge < -0.3 is 20.7 Å². The van der Waals surface area contributed by atoms with E-state index in [2.05, 4.69) is 20.4 Å². The number of hydrogen-bond donors (Lipinski definition) is 2. The van der Waals surface area contributed by atoms with Crippen molar-refractivity contribution < 1.29 is 27.5 Å². The Hall–Kier alpha value is -4.59. The van der Waals surface area contributed by atoms with Gasteiger partial charge in [0.2, 0.25) is 5.91 Å². The summed E-state index contributed by atoms with van der Waals surface area (Å²) in [5.41, 5.74) is 6.70. The molecule has 2 fully saturated rings. The number of nitrogen functional groups attached to an aromatic ring is 1. The van der Waals surface area contributed by atoms with Gasteiger partial charge in [-0.15, -0.1) is 0 Å². The maximum atomic E-state index is 13.2. The predicted molar refractivity (Wildman–Crippen MR) is 145 cm³/mol. The molecule has 42 heavy (non-hydrogen) atoms. The van der Waals surface area contributed by atoms with Crippen LogP contribution in [0.2, 0.25) is 0 Å². The first kappa shape index (κ1) is 27.6. The van der Waals surface area contributed by atoms with E-state index in [-0.39, 0.29) is 29.0 Å². The molecule has 11 nitrogen and oxygen atoms in total. The molecule has 0 saturated carbocycles. The quantitative estimate of drug-likeness (QED) is 0.364. The van der Waals surface area contributed by atoms with Crippen molar-refractivity contribution in [2.45, 2.75) is 31.9 Å². The number of nitrogens with two attached hydrogens (primary N) is 1. The summed E-state index contributed by atoms with van der Waals surface area (Å²) in [4.78, 5) is 40.7. The first-order valence-electron chi connectivity index (χ1n) is 13.3. The van der Waals surface area contributed by atoms with Gasteiger partial charge in [0.1, 0.15) is 29.2 Å². The Balaban J connectivity index is 1.26. The van der Waals surface area contributed by atoms with Crippen molar-refractivity contribution in [3.63, 3.8) is 0 Å². The number of alkyl halides is 3. The number of anilines is 2. The lowest BCUT2D eigenvalue weighted by molar-refractivity contribution is -0.170. The zero-order chi connectivity index (χ0) is 29.6. The number of aromatic nitrogens is 5. The molecule has 0 bridgehead atoms. The Morgan fingerprint density at radius 2 is 1.90 bits per heavy atom. The maximum absolute atomic E-state index is 13.2. The number of halogens is 3. The second-order valence-electron chi connectivity index (χ2n) is 10.8. The Kier molecular flexibility index (Phi) is 6.80. The van der Waals surface area contributed by atoms with Crippen molar-refractivity contribution >= 4 is 29.0 Å². The summed E-state index contributed by atoms with van der Waals surface area (Å²) in [6.45, 7) is 3.89. The monoisotopic (exact) mass is 580 g/mol. The van der Waals surface area contributed by atoms with Crippen LogP contribution in [0.1, 0.15) is 47.4 Å². The minimum absolute atomic E-state index is 0.0721.